The van der Waals surface area contributed by atoms with Gasteiger partial charge in [0.05, 0.1) is 11.4 Å². The van der Waals surface area contributed by atoms with Gasteiger partial charge < -0.3 is 16.0 Å². The molecule has 0 spiro atoms. The van der Waals surface area contributed by atoms with E-state index in [2.05, 4.69) is 43.4 Å². The zero-order valence-corrected chi connectivity index (χ0v) is 10.6. The maximum absolute atomic E-state index is 5.91. The van der Waals surface area contributed by atoms with Gasteiger partial charge in [0, 0.05) is 6.54 Å². The number of nitrogens with one attached hydrogen (secondary N) is 1. The summed E-state index contributed by atoms with van der Waals surface area (Å²) in [7, 11) is 4.21. The van der Waals surface area contributed by atoms with Crippen LogP contribution in [0.1, 0.15) is 18.4 Å². The monoisotopic (exact) mass is 221 g/mol. The van der Waals surface area contributed by atoms with E-state index in [0.29, 0.717) is 0 Å². The number of unbranched alkanes of at least 4 members (excludes halogenated alkanes) is 1. The first kappa shape index (κ1) is 12.8. The van der Waals surface area contributed by atoms with Crippen molar-refractivity contribution in [3.05, 3.63) is 23.8 Å². The number of nitrogen functional groups attached to an aromatic ring is 1. The molecular formula is C13H23N3. The summed E-state index contributed by atoms with van der Waals surface area (Å²) in [5, 5.41) is 3.37. The number of hydrogen-bond acceptors (Lipinski definition) is 3. The summed E-state index contributed by atoms with van der Waals surface area (Å²) in [6, 6.07) is 6.14. The van der Waals surface area contributed by atoms with Crippen molar-refractivity contribution < 1.29 is 0 Å². The van der Waals surface area contributed by atoms with Crippen LogP contribution in [0.3, 0.4) is 0 Å². The van der Waals surface area contributed by atoms with Crippen LogP contribution >= 0.6 is 0 Å². The van der Waals surface area contributed by atoms with Gasteiger partial charge in [-0.25, -0.2) is 0 Å². The Morgan fingerprint density at radius 2 is 2.00 bits per heavy atom. The van der Waals surface area contributed by atoms with Gasteiger partial charge in [-0.15, -0.1) is 0 Å². The minimum Gasteiger partial charge on any atom is -0.397 e. The molecule has 16 heavy (non-hydrogen) atoms. The fraction of sp³-hybridized carbons (Fsp3) is 0.538. The van der Waals surface area contributed by atoms with Crippen LogP contribution < -0.4 is 11.1 Å². The first-order valence-electron chi connectivity index (χ1n) is 5.84. The highest BCUT2D eigenvalue weighted by Gasteiger charge is 1.98. The van der Waals surface area contributed by atoms with E-state index in [1.54, 1.807) is 0 Å². The molecule has 1 rings (SSSR count). The minimum absolute atomic E-state index is 0.840. The first-order chi connectivity index (χ1) is 7.59. The lowest BCUT2D eigenvalue weighted by atomic mass is 10.2. The van der Waals surface area contributed by atoms with Crippen molar-refractivity contribution in [1.29, 1.82) is 0 Å². The average Bonchev–Trinajstić information content (AvgIpc) is 2.20. The molecule has 3 heteroatoms. The van der Waals surface area contributed by atoms with E-state index < -0.39 is 0 Å². The molecule has 0 radical (unpaired) electrons. The number of hydrogen-bond donors (Lipinski definition) is 2. The SMILES string of the molecule is Cc1ccc(NCCCCN(C)C)c(N)c1. The van der Waals surface area contributed by atoms with Gasteiger partial charge in [0.2, 0.25) is 0 Å². The van der Waals surface area contributed by atoms with Crippen LogP contribution in [0.4, 0.5) is 11.4 Å². The van der Waals surface area contributed by atoms with Gasteiger partial charge in [0.25, 0.3) is 0 Å². The summed E-state index contributed by atoms with van der Waals surface area (Å²) in [5.41, 5.74) is 9.01. The Balaban J connectivity index is 2.27. The predicted octanol–water partition coefficient (Wildman–Crippen LogP) is 2.33. The van der Waals surface area contributed by atoms with Crippen molar-refractivity contribution in [2.24, 2.45) is 0 Å². The molecule has 90 valence electrons. The van der Waals surface area contributed by atoms with Crippen molar-refractivity contribution in [2.45, 2.75) is 19.8 Å². The van der Waals surface area contributed by atoms with Crippen molar-refractivity contribution >= 4 is 11.4 Å². The van der Waals surface area contributed by atoms with Crippen LogP contribution in [-0.4, -0.2) is 32.1 Å². The molecule has 1 aromatic carbocycles. The van der Waals surface area contributed by atoms with Crippen molar-refractivity contribution in [1.82, 2.24) is 4.90 Å². The highest BCUT2D eigenvalue weighted by molar-refractivity contribution is 5.66. The average molecular weight is 221 g/mol. The normalized spacial score (nSPS) is 10.8. The number of benzene rings is 1. The molecular weight excluding hydrogens is 198 g/mol. The third-order valence-electron chi connectivity index (χ3n) is 2.55. The van der Waals surface area contributed by atoms with E-state index in [-0.39, 0.29) is 0 Å². The van der Waals surface area contributed by atoms with Crippen LogP contribution in [0, 0.1) is 6.92 Å². The topological polar surface area (TPSA) is 41.3 Å². The van der Waals surface area contributed by atoms with Crippen molar-refractivity contribution in [3.63, 3.8) is 0 Å². The van der Waals surface area contributed by atoms with Crippen LogP contribution in [0.25, 0.3) is 0 Å². The van der Waals surface area contributed by atoms with E-state index in [4.69, 9.17) is 5.73 Å². The Morgan fingerprint density at radius 1 is 1.25 bits per heavy atom. The van der Waals surface area contributed by atoms with Gasteiger partial charge in [-0.05, 0) is 58.1 Å². The summed E-state index contributed by atoms with van der Waals surface area (Å²) in [6.07, 6.45) is 2.39. The standard InChI is InChI=1S/C13H23N3/c1-11-6-7-13(12(14)10-11)15-8-4-5-9-16(2)3/h6-7,10,15H,4-5,8-9,14H2,1-3H3. The maximum atomic E-state index is 5.91. The molecule has 0 bridgehead atoms. The highest BCUT2D eigenvalue weighted by Crippen LogP contribution is 2.19. The zero-order chi connectivity index (χ0) is 12.0. The largest absolute Gasteiger partial charge is 0.397 e. The second-order valence-corrected chi connectivity index (χ2v) is 4.53. The van der Waals surface area contributed by atoms with Gasteiger partial charge in [0.1, 0.15) is 0 Å². The summed E-state index contributed by atoms with van der Waals surface area (Å²) >= 11 is 0. The molecule has 0 heterocycles. The zero-order valence-electron chi connectivity index (χ0n) is 10.6. The third-order valence-corrected chi connectivity index (χ3v) is 2.55. The van der Waals surface area contributed by atoms with Crippen LogP contribution in [0.5, 0.6) is 0 Å². The highest BCUT2D eigenvalue weighted by atomic mass is 15.0. The van der Waals surface area contributed by atoms with Gasteiger partial charge >= 0.3 is 0 Å². The Morgan fingerprint density at radius 3 is 2.62 bits per heavy atom. The van der Waals surface area contributed by atoms with Crippen LogP contribution in [0.15, 0.2) is 18.2 Å². The fourth-order valence-electron chi connectivity index (χ4n) is 1.62. The molecule has 0 aliphatic carbocycles. The number of anilines is 2. The number of aryl methyl sites for hydroxylation is 1. The van der Waals surface area contributed by atoms with Crippen molar-refractivity contribution in [3.8, 4) is 0 Å². The summed E-state index contributed by atoms with van der Waals surface area (Å²) < 4.78 is 0. The second-order valence-electron chi connectivity index (χ2n) is 4.53. The van der Waals surface area contributed by atoms with Crippen LogP contribution in [-0.2, 0) is 0 Å². The molecule has 0 fully saturated rings. The second kappa shape index (κ2) is 6.38. The Hall–Kier alpha value is -1.22. The van der Waals surface area contributed by atoms with Gasteiger partial charge in [-0.2, -0.15) is 0 Å². The molecule has 1 aromatic rings. The van der Waals surface area contributed by atoms with E-state index in [1.807, 2.05) is 6.07 Å². The molecule has 0 amide bonds. The van der Waals surface area contributed by atoms with E-state index in [1.165, 1.54) is 18.4 Å². The molecule has 0 aliphatic rings. The summed E-state index contributed by atoms with van der Waals surface area (Å²) in [6.45, 7) is 4.18. The molecule has 3 N–H and O–H groups in total. The Kier molecular flexibility index (Phi) is 5.12. The Bertz CT molecular complexity index is 321. The van der Waals surface area contributed by atoms with E-state index in [0.717, 1.165) is 24.5 Å². The molecule has 0 aliphatic heterocycles. The van der Waals surface area contributed by atoms with E-state index >= 15 is 0 Å². The van der Waals surface area contributed by atoms with Gasteiger partial charge in [-0.3, -0.25) is 0 Å². The molecule has 3 nitrogen and oxygen atoms in total. The van der Waals surface area contributed by atoms with Gasteiger partial charge in [0.15, 0.2) is 0 Å². The van der Waals surface area contributed by atoms with Crippen molar-refractivity contribution in [2.75, 3.05) is 38.2 Å². The summed E-state index contributed by atoms with van der Waals surface area (Å²) in [4.78, 5) is 2.21. The fourth-order valence-corrected chi connectivity index (χ4v) is 1.62. The number of nitrogens with two attached hydrogens (primary N) is 1. The smallest absolute Gasteiger partial charge is 0.0574 e. The maximum Gasteiger partial charge on any atom is 0.0574 e. The lowest BCUT2D eigenvalue weighted by molar-refractivity contribution is 0.396. The molecule has 0 saturated carbocycles. The first-order valence-corrected chi connectivity index (χ1v) is 5.84. The minimum atomic E-state index is 0.840. The van der Waals surface area contributed by atoms with Gasteiger partial charge in [-0.1, -0.05) is 6.07 Å². The molecule has 0 aromatic heterocycles. The van der Waals surface area contributed by atoms with E-state index in [9.17, 15) is 0 Å². The Labute approximate surface area is 98.6 Å². The number of rotatable bonds is 6. The van der Waals surface area contributed by atoms with Crippen LogP contribution in [0.2, 0.25) is 0 Å². The number of nitrogens with zero attached hydrogens (tertiary/aromatic N) is 1. The molecule has 0 saturated heterocycles. The predicted molar refractivity (Wildman–Crippen MR) is 71.9 cm³/mol. The lowest BCUT2D eigenvalue weighted by Crippen LogP contribution is -2.14. The lowest BCUT2D eigenvalue weighted by Gasteiger charge is -2.11. The quantitative estimate of drug-likeness (QED) is 0.572. The molecule has 0 unspecified atom stereocenters. The summed E-state index contributed by atoms with van der Waals surface area (Å²) in [5.74, 6) is 0. The molecule has 0 atom stereocenters. The third kappa shape index (κ3) is 4.53.